The Kier molecular flexibility index (Phi) is 6.12. The first-order chi connectivity index (χ1) is 6.38. The Balaban J connectivity index is 0.00000196. The average Bonchev–Trinajstić information content (AvgIpc) is 2.06. The molecule has 0 heterocycles. The van der Waals surface area contributed by atoms with E-state index in [9.17, 15) is 17.3 Å². The molecule has 1 aromatic rings. The van der Waals surface area contributed by atoms with Crippen molar-refractivity contribution in [3.8, 4) is 5.75 Å². The molecule has 0 aliphatic rings. The molecular weight excluding hydrogens is 238 g/mol. The van der Waals surface area contributed by atoms with Crippen LogP contribution in [0.3, 0.4) is 0 Å². The van der Waals surface area contributed by atoms with Crippen LogP contribution in [0.15, 0.2) is 24.2 Å². The van der Waals surface area contributed by atoms with Crippen molar-refractivity contribution >= 4 is 13.1 Å². The molecule has 0 aromatic heterocycles. The molecule has 0 unspecified atom stereocenters. The fourth-order valence-corrected chi connectivity index (χ4v) is 0.847. The third-order valence-corrected chi connectivity index (χ3v) is 1.48. The zero-order valence-electron chi connectivity index (χ0n) is 7.92. The van der Waals surface area contributed by atoms with Gasteiger partial charge in [-0.3, -0.25) is 0 Å². The van der Waals surface area contributed by atoms with Crippen molar-refractivity contribution in [1.82, 2.24) is 0 Å². The van der Waals surface area contributed by atoms with Crippen molar-refractivity contribution in [2.45, 2.75) is 0 Å². The van der Waals surface area contributed by atoms with Crippen LogP contribution in [0.5, 0.6) is 5.75 Å². The number of halogens is 4. The second-order valence-electron chi connectivity index (χ2n) is 2.70. The standard InChI is InChI=1S/C8H6BF4O.K/c10-7-5-6(1-2-8(7)14)3-4-9(11,12)13;/h1-5,14H;/q-1;+1/b4-3+;. The van der Waals surface area contributed by atoms with Gasteiger partial charge in [0.2, 0.25) is 0 Å². The Morgan fingerprint density at radius 1 is 1.20 bits per heavy atom. The molecule has 1 aromatic carbocycles. The van der Waals surface area contributed by atoms with Gasteiger partial charge in [-0.1, -0.05) is 12.1 Å². The first kappa shape index (κ1) is 15.2. The van der Waals surface area contributed by atoms with Gasteiger partial charge in [0, 0.05) is 0 Å². The molecular formula is C8H6BF4KO. The first-order valence-electron chi connectivity index (χ1n) is 3.76. The summed E-state index contributed by atoms with van der Waals surface area (Å²) in [5.74, 6) is -1.47. The van der Waals surface area contributed by atoms with Crippen LogP contribution in [0.25, 0.3) is 6.08 Å². The van der Waals surface area contributed by atoms with Crippen LogP contribution < -0.4 is 51.4 Å². The van der Waals surface area contributed by atoms with Gasteiger partial charge >= 0.3 is 58.4 Å². The predicted molar refractivity (Wildman–Crippen MR) is 46.2 cm³/mol. The largest absolute Gasteiger partial charge is 1.00 e. The predicted octanol–water partition coefficient (Wildman–Crippen LogP) is -0.0649. The summed E-state index contributed by atoms with van der Waals surface area (Å²) in [5.41, 5.74) is 0.0551. The van der Waals surface area contributed by atoms with Crippen LogP contribution in [-0.2, 0) is 0 Å². The number of benzene rings is 1. The quantitative estimate of drug-likeness (QED) is 0.570. The van der Waals surface area contributed by atoms with E-state index in [2.05, 4.69) is 0 Å². The summed E-state index contributed by atoms with van der Waals surface area (Å²) in [4.78, 5) is 0. The Hall–Kier alpha value is 0.181. The van der Waals surface area contributed by atoms with E-state index in [1.807, 2.05) is 0 Å². The minimum Gasteiger partial charge on any atom is -0.505 e. The summed E-state index contributed by atoms with van der Waals surface area (Å²) in [5, 5.41) is 8.75. The van der Waals surface area contributed by atoms with Crippen LogP contribution in [0.2, 0.25) is 0 Å². The molecule has 7 heteroatoms. The molecule has 0 bridgehead atoms. The Morgan fingerprint density at radius 2 is 1.80 bits per heavy atom. The molecule has 0 atom stereocenters. The zero-order chi connectivity index (χ0) is 10.8. The Morgan fingerprint density at radius 3 is 2.27 bits per heavy atom. The van der Waals surface area contributed by atoms with Gasteiger partial charge in [-0.15, -0.1) is 5.98 Å². The monoisotopic (exact) mass is 244 g/mol. The van der Waals surface area contributed by atoms with Gasteiger partial charge in [0.25, 0.3) is 0 Å². The van der Waals surface area contributed by atoms with E-state index in [1.54, 1.807) is 0 Å². The minimum absolute atomic E-state index is 0. The average molecular weight is 244 g/mol. The molecule has 0 fully saturated rings. The van der Waals surface area contributed by atoms with Crippen LogP contribution in [-0.4, -0.2) is 12.1 Å². The second kappa shape index (κ2) is 6.05. The molecule has 0 spiro atoms. The number of rotatable bonds is 2. The normalized spacial score (nSPS) is 11.5. The van der Waals surface area contributed by atoms with E-state index in [-0.39, 0.29) is 62.9 Å². The molecule has 1 rings (SSSR count). The number of hydrogen-bond acceptors (Lipinski definition) is 1. The van der Waals surface area contributed by atoms with E-state index in [1.165, 1.54) is 6.07 Å². The molecule has 0 amide bonds. The SMILES string of the molecule is Oc1ccc(/C=C/[B-](F)(F)F)cc1F.[K+]. The van der Waals surface area contributed by atoms with Gasteiger partial charge in [-0.25, -0.2) is 4.39 Å². The number of phenolic OH excluding ortho intramolecular Hbond substituents is 1. The summed E-state index contributed by atoms with van der Waals surface area (Å²) in [7, 11) is 0. The molecule has 1 N–H and O–H groups in total. The molecule has 0 aliphatic carbocycles. The summed E-state index contributed by atoms with van der Waals surface area (Å²) in [6, 6.07) is 3.02. The summed E-state index contributed by atoms with van der Waals surface area (Å²) < 4.78 is 47.9. The van der Waals surface area contributed by atoms with Crippen LogP contribution in [0.1, 0.15) is 5.56 Å². The number of hydrogen-bond donors (Lipinski definition) is 1. The summed E-state index contributed by atoms with van der Waals surface area (Å²) >= 11 is 0. The molecule has 0 saturated heterocycles. The van der Waals surface area contributed by atoms with Gasteiger partial charge in [0.05, 0.1) is 0 Å². The Bertz CT molecular complexity index is 364. The maximum absolute atomic E-state index is 12.6. The smallest absolute Gasteiger partial charge is 0.505 e. The molecule has 0 saturated carbocycles. The van der Waals surface area contributed by atoms with Crippen molar-refractivity contribution in [2.24, 2.45) is 0 Å². The molecule has 15 heavy (non-hydrogen) atoms. The summed E-state index contributed by atoms with van der Waals surface area (Å²) in [6.07, 6.45) is 0.752. The molecule has 0 radical (unpaired) electrons. The van der Waals surface area contributed by atoms with Crippen molar-refractivity contribution in [1.29, 1.82) is 0 Å². The van der Waals surface area contributed by atoms with Crippen LogP contribution in [0, 0.1) is 5.82 Å². The van der Waals surface area contributed by atoms with Crippen LogP contribution in [0.4, 0.5) is 17.3 Å². The van der Waals surface area contributed by atoms with Gasteiger partial charge in [0.1, 0.15) is 0 Å². The maximum atomic E-state index is 12.6. The third kappa shape index (κ3) is 5.72. The van der Waals surface area contributed by atoms with Gasteiger partial charge in [-0.2, -0.15) is 0 Å². The molecule has 1 nitrogen and oxygen atoms in total. The van der Waals surface area contributed by atoms with E-state index < -0.39 is 18.5 Å². The number of phenols is 1. The fraction of sp³-hybridized carbons (Fsp3) is 0. The van der Waals surface area contributed by atoms with Crippen molar-refractivity contribution in [3.63, 3.8) is 0 Å². The zero-order valence-corrected chi connectivity index (χ0v) is 11.0. The van der Waals surface area contributed by atoms with Crippen molar-refractivity contribution in [2.75, 3.05) is 0 Å². The second-order valence-corrected chi connectivity index (χ2v) is 2.70. The van der Waals surface area contributed by atoms with E-state index in [0.29, 0.717) is 0 Å². The van der Waals surface area contributed by atoms with Gasteiger partial charge < -0.3 is 18.1 Å². The molecule has 0 aliphatic heterocycles. The number of aromatic hydroxyl groups is 1. The topological polar surface area (TPSA) is 20.2 Å². The minimum atomic E-state index is -5.01. The van der Waals surface area contributed by atoms with E-state index in [0.717, 1.165) is 18.2 Å². The Labute approximate surface area is 127 Å². The first-order valence-corrected chi connectivity index (χ1v) is 3.76. The maximum Gasteiger partial charge on any atom is 1.00 e. The van der Waals surface area contributed by atoms with Crippen LogP contribution >= 0.6 is 0 Å². The fourth-order valence-electron chi connectivity index (χ4n) is 0.847. The van der Waals surface area contributed by atoms with Crippen molar-refractivity contribution < 1.29 is 73.8 Å². The van der Waals surface area contributed by atoms with E-state index >= 15 is 0 Å². The summed E-state index contributed by atoms with van der Waals surface area (Å²) in [6.45, 7) is -5.01. The van der Waals surface area contributed by atoms with E-state index in [4.69, 9.17) is 5.11 Å². The molecule has 76 valence electrons. The van der Waals surface area contributed by atoms with Gasteiger partial charge in [0.15, 0.2) is 11.6 Å². The third-order valence-electron chi connectivity index (χ3n) is 1.48. The van der Waals surface area contributed by atoms with Gasteiger partial charge in [-0.05, 0) is 17.7 Å². The van der Waals surface area contributed by atoms with Crippen molar-refractivity contribution in [3.05, 3.63) is 35.6 Å².